The number of aliphatic hydroxyl groups excluding tert-OH is 1. The maximum Gasteiger partial charge on any atom is 0.119 e. The highest BCUT2D eigenvalue weighted by Crippen LogP contribution is 2.18. The summed E-state index contributed by atoms with van der Waals surface area (Å²) < 4.78 is 5.53. The molecule has 1 aromatic carbocycles. The average Bonchev–Trinajstić information content (AvgIpc) is 2.35. The minimum Gasteiger partial charge on any atom is -0.493 e. The van der Waals surface area contributed by atoms with Crippen molar-refractivity contribution >= 4 is 0 Å². The largest absolute Gasteiger partial charge is 0.493 e. The van der Waals surface area contributed by atoms with Crippen LogP contribution < -0.4 is 10.5 Å². The SMILES string of the molecule is CC[C@H](N)c1ccc(OCC(C)CO)cc1. The topological polar surface area (TPSA) is 55.5 Å². The number of rotatable bonds is 6. The zero-order chi connectivity index (χ0) is 12.0. The lowest BCUT2D eigenvalue weighted by atomic mass is 10.1. The Morgan fingerprint density at radius 2 is 1.94 bits per heavy atom. The smallest absolute Gasteiger partial charge is 0.119 e. The predicted molar refractivity (Wildman–Crippen MR) is 65.4 cm³/mol. The van der Waals surface area contributed by atoms with Crippen LogP contribution >= 0.6 is 0 Å². The lowest BCUT2D eigenvalue weighted by molar-refractivity contribution is 0.174. The van der Waals surface area contributed by atoms with Gasteiger partial charge < -0.3 is 15.6 Å². The number of hydrogen-bond acceptors (Lipinski definition) is 3. The van der Waals surface area contributed by atoms with Gasteiger partial charge in [-0.3, -0.25) is 0 Å². The molecule has 16 heavy (non-hydrogen) atoms. The molecule has 3 heteroatoms. The maximum absolute atomic E-state index is 8.87. The summed E-state index contributed by atoms with van der Waals surface area (Å²) in [7, 11) is 0. The third kappa shape index (κ3) is 3.83. The van der Waals surface area contributed by atoms with Gasteiger partial charge in [-0.15, -0.1) is 0 Å². The molecule has 3 N–H and O–H groups in total. The van der Waals surface area contributed by atoms with Gasteiger partial charge in [-0.05, 0) is 24.1 Å². The first-order valence-electron chi connectivity index (χ1n) is 5.76. The van der Waals surface area contributed by atoms with Crippen molar-refractivity contribution in [2.45, 2.75) is 26.3 Å². The Bertz CT molecular complexity index is 297. The first-order valence-corrected chi connectivity index (χ1v) is 5.76. The number of benzene rings is 1. The van der Waals surface area contributed by atoms with Gasteiger partial charge in [0.25, 0.3) is 0 Å². The molecule has 3 nitrogen and oxygen atoms in total. The van der Waals surface area contributed by atoms with Crippen LogP contribution in [0.3, 0.4) is 0 Å². The van der Waals surface area contributed by atoms with Crippen LogP contribution in [0.4, 0.5) is 0 Å². The molecule has 1 rings (SSSR count). The van der Waals surface area contributed by atoms with Crippen molar-refractivity contribution in [3.8, 4) is 5.75 Å². The first-order chi connectivity index (χ1) is 7.67. The third-order valence-corrected chi connectivity index (χ3v) is 2.59. The fraction of sp³-hybridized carbons (Fsp3) is 0.538. The summed E-state index contributed by atoms with van der Waals surface area (Å²) in [5.74, 6) is 0.991. The number of ether oxygens (including phenoxy) is 1. The van der Waals surface area contributed by atoms with Gasteiger partial charge in [0.1, 0.15) is 5.75 Å². The molecule has 0 fully saturated rings. The van der Waals surface area contributed by atoms with Gasteiger partial charge in [-0.1, -0.05) is 26.0 Å². The van der Waals surface area contributed by atoms with E-state index in [9.17, 15) is 0 Å². The van der Waals surface area contributed by atoms with Gasteiger partial charge in [0.15, 0.2) is 0 Å². The zero-order valence-corrected chi connectivity index (χ0v) is 10.0. The van der Waals surface area contributed by atoms with Crippen molar-refractivity contribution in [1.82, 2.24) is 0 Å². The molecule has 2 atom stereocenters. The van der Waals surface area contributed by atoms with E-state index >= 15 is 0 Å². The van der Waals surface area contributed by atoms with E-state index in [0.717, 1.165) is 17.7 Å². The molecule has 0 aromatic heterocycles. The summed E-state index contributed by atoms with van der Waals surface area (Å²) >= 11 is 0. The van der Waals surface area contributed by atoms with Crippen LogP contribution in [0, 0.1) is 5.92 Å². The molecule has 0 heterocycles. The van der Waals surface area contributed by atoms with Crippen molar-refractivity contribution in [1.29, 1.82) is 0 Å². The van der Waals surface area contributed by atoms with Crippen LogP contribution in [-0.4, -0.2) is 18.3 Å². The Morgan fingerprint density at radius 3 is 2.44 bits per heavy atom. The number of hydrogen-bond donors (Lipinski definition) is 2. The van der Waals surface area contributed by atoms with Crippen LogP contribution in [0.5, 0.6) is 5.75 Å². The highest BCUT2D eigenvalue weighted by molar-refractivity contribution is 5.28. The quantitative estimate of drug-likeness (QED) is 0.776. The van der Waals surface area contributed by atoms with Crippen LogP contribution in [0.1, 0.15) is 31.9 Å². The van der Waals surface area contributed by atoms with E-state index in [2.05, 4.69) is 6.92 Å². The van der Waals surface area contributed by atoms with E-state index in [0.29, 0.717) is 6.61 Å². The van der Waals surface area contributed by atoms with E-state index < -0.39 is 0 Å². The summed E-state index contributed by atoms with van der Waals surface area (Å²) in [6.07, 6.45) is 0.932. The predicted octanol–water partition coefficient (Wildman–Crippen LogP) is 2.10. The Labute approximate surface area is 97.2 Å². The molecular formula is C13H21NO2. The van der Waals surface area contributed by atoms with Crippen LogP contribution in [0.25, 0.3) is 0 Å². The standard InChI is InChI=1S/C13H21NO2/c1-3-13(14)11-4-6-12(7-5-11)16-9-10(2)8-15/h4-7,10,13,15H,3,8-9,14H2,1-2H3/t10?,13-/m0/s1. The van der Waals surface area contributed by atoms with Gasteiger partial charge in [0, 0.05) is 18.6 Å². The van der Waals surface area contributed by atoms with E-state index in [1.54, 1.807) is 0 Å². The van der Waals surface area contributed by atoms with Crippen LogP contribution in [0.2, 0.25) is 0 Å². The molecule has 1 unspecified atom stereocenters. The molecule has 0 spiro atoms. The minimum atomic E-state index is 0.102. The summed E-state index contributed by atoms with van der Waals surface area (Å²) in [5, 5.41) is 8.87. The van der Waals surface area contributed by atoms with Gasteiger partial charge in [0.2, 0.25) is 0 Å². The zero-order valence-electron chi connectivity index (χ0n) is 10.0. The maximum atomic E-state index is 8.87. The van der Waals surface area contributed by atoms with Crippen LogP contribution in [0.15, 0.2) is 24.3 Å². The molecule has 1 aromatic rings. The fourth-order valence-electron chi connectivity index (χ4n) is 1.34. The lowest BCUT2D eigenvalue weighted by Crippen LogP contribution is -2.12. The van der Waals surface area contributed by atoms with Gasteiger partial charge in [0.05, 0.1) is 6.61 Å². The average molecular weight is 223 g/mol. The Hall–Kier alpha value is -1.06. The molecule has 0 saturated carbocycles. The lowest BCUT2D eigenvalue weighted by Gasteiger charge is -2.12. The second-order valence-electron chi connectivity index (χ2n) is 4.18. The minimum absolute atomic E-state index is 0.102. The molecule has 0 aliphatic carbocycles. The van der Waals surface area contributed by atoms with Gasteiger partial charge >= 0.3 is 0 Å². The Morgan fingerprint density at radius 1 is 1.31 bits per heavy atom. The van der Waals surface area contributed by atoms with Crippen LogP contribution in [-0.2, 0) is 0 Å². The number of aliphatic hydroxyl groups is 1. The highest BCUT2D eigenvalue weighted by Gasteiger charge is 2.04. The Kier molecular flexibility index (Phi) is 5.29. The van der Waals surface area contributed by atoms with E-state index in [-0.39, 0.29) is 18.6 Å². The molecule has 0 radical (unpaired) electrons. The molecule has 0 bridgehead atoms. The summed E-state index contributed by atoms with van der Waals surface area (Å²) in [4.78, 5) is 0. The van der Waals surface area contributed by atoms with Crippen molar-refractivity contribution in [2.24, 2.45) is 11.7 Å². The number of nitrogens with two attached hydrogens (primary N) is 1. The summed E-state index contributed by atoms with van der Waals surface area (Å²) in [5.41, 5.74) is 7.04. The molecular weight excluding hydrogens is 202 g/mol. The van der Waals surface area contributed by atoms with E-state index in [4.69, 9.17) is 15.6 Å². The third-order valence-electron chi connectivity index (χ3n) is 2.59. The van der Waals surface area contributed by atoms with Gasteiger partial charge in [-0.2, -0.15) is 0 Å². The van der Waals surface area contributed by atoms with Crippen molar-refractivity contribution in [2.75, 3.05) is 13.2 Å². The molecule has 90 valence electrons. The second kappa shape index (κ2) is 6.51. The van der Waals surface area contributed by atoms with Crippen molar-refractivity contribution in [3.05, 3.63) is 29.8 Å². The van der Waals surface area contributed by atoms with E-state index in [1.165, 1.54) is 0 Å². The fourth-order valence-corrected chi connectivity index (χ4v) is 1.34. The van der Waals surface area contributed by atoms with Crippen molar-refractivity contribution in [3.63, 3.8) is 0 Å². The second-order valence-corrected chi connectivity index (χ2v) is 4.18. The molecule has 0 saturated heterocycles. The highest BCUT2D eigenvalue weighted by atomic mass is 16.5. The summed E-state index contributed by atoms with van der Waals surface area (Å²) in [6, 6.07) is 7.94. The monoisotopic (exact) mass is 223 g/mol. The summed E-state index contributed by atoms with van der Waals surface area (Å²) in [6.45, 7) is 4.70. The van der Waals surface area contributed by atoms with E-state index in [1.807, 2.05) is 31.2 Å². The first kappa shape index (κ1) is 13.0. The van der Waals surface area contributed by atoms with Crippen molar-refractivity contribution < 1.29 is 9.84 Å². The Balaban J connectivity index is 2.51. The molecule has 0 amide bonds. The normalized spacial score (nSPS) is 14.5. The van der Waals surface area contributed by atoms with Gasteiger partial charge in [-0.25, -0.2) is 0 Å². The molecule has 0 aliphatic rings. The molecule has 0 aliphatic heterocycles.